The number of carbonyl (C=O) groups is 1. The van der Waals surface area contributed by atoms with Crippen LogP contribution in [0.4, 0.5) is 5.69 Å². The summed E-state index contributed by atoms with van der Waals surface area (Å²) in [5.74, 6) is 0.331. The third-order valence-corrected chi connectivity index (χ3v) is 7.73. The van der Waals surface area contributed by atoms with Gasteiger partial charge in [-0.05, 0) is 48.6 Å². The quantitative estimate of drug-likeness (QED) is 0.732. The average Bonchev–Trinajstić information content (AvgIpc) is 2.75. The molecule has 2 aromatic rings. The predicted molar refractivity (Wildman–Crippen MR) is 120 cm³/mol. The largest absolute Gasteiger partial charge is 0.325 e. The van der Waals surface area contributed by atoms with Crippen LogP contribution in [0.1, 0.15) is 37.3 Å². The highest BCUT2D eigenvalue weighted by molar-refractivity contribution is 7.89. The van der Waals surface area contributed by atoms with Gasteiger partial charge >= 0.3 is 0 Å². The molecule has 1 N–H and O–H groups in total. The molecule has 0 saturated carbocycles. The zero-order chi connectivity index (χ0) is 21.7. The highest BCUT2D eigenvalue weighted by atomic mass is 32.2. The number of hydrogen-bond donors (Lipinski definition) is 1. The third kappa shape index (κ3) is 5.28. The maximum absolute atomic E-state index is 13.0. The van der Waals surface area contributed by atoms with E-state index in [2.05, 4.69) is 19.2 Å². The van der Waals surface area contributed by atoms with E-state index in [1.54, 1.807) is 12.1 Å². The normalized spacial score (nSPS) is 16.9. The number of rotatable bonds is 7. The molecule has 1 fully saturated rings. The van der Waals surface area contributed by atoms with Crippen molar-refractivity contribution >= 4 is 21.6 Å². The summed E-state index contributed by atoms with van der Waals surface area (Å²) in [6, 6.07) is 14.9. The van der Waals surface area contributed by atoms with Gasteiger partial charge in [-0.25, -0.2) is 8.42 Å². The number of carbonyl (C=O) groups excluding carboxylic acids is 1. The molecule has 1 heterocycles. The Morgan fingerprint density at radius 3 is 2.27 bits per heavy atom. The Bertz CT molecular complexity index is 965. The fourth-order valence-electron chi connectivity index (χ4n) is 3.59. The van der Waals surface area contributed by atoms with Gasteiger partial charge in [0.25, 0.3) is 0 Å². The van der Waals surface area contributed by atoms with Crippen molar-refractivity contribution in [1.29, 1.82) is 0 Å². The summed E-state index contributed by atoms with van der Waals surface area (Å²) in [6.07, 6.45) is 1.02. The zero-order valence-corrected chi connectivity index (χ0v) is 18.8. The van der Waals surface area contributed by atoms with Gasteiger partial charge in [0.1, 0.15) is 0 Å². The number of anilines is 1. The lowest BCUT2D eigenvalue weighted by Gasteiger charge is -2.33. The van der Waals surface area contributed by atoms with Crippen molar-refractivity contribution in [1.82, 2.24) is 9.21 Å². The molecule has 30 heavy (non-hydrogen) atoms. The zero-order valence-electron chi connectivity index (χ0n) is 18.0. The molecule has 0 radical (unpaired) electrons. The highest BCUT2D eigenvalue weighted by Crippen LogP contribution is 2.23. The van der Waals surface area contributed by atoms with Gasteiger partial charge in [-0.2, -0.15) is 4.31 Å². The fourth-order valence-corrected chi connectivity index (χ4v) is 5.01. The molecule has 1 aliphatic heterocycles. The van der Waals surface area contributed by atoms with Crippen molar-refractivity contribution in [2.24, 2.45) is 0 Å². The van der Waals surface area contributed by atoms with Crippen LogP contribution in [0.3, 0.4) is 0 Å². The Balaban J connectivity index is 1.55. The second-order valence-corrected chi connectivity index (χ2v) is 9.86. The van der Waals surface area contributed by atoms with Gasteiger partial charge in [-0.1, -0.05) is 44.2 Å². The molecule has 7 heteroatoms. The van der Waals surface area contributed by atoms with Crippen LogP contribution in [0, 0.1) is 6.92 Å². The molecule has 2 aromatic carbocycles. The van der Waals surface area contributed by atoms with Gasteiger partial charge in [-0.3, -0.25) is 9.69 Å². The lowest BCUT2D eigenvalue weighted by atomic mass is 9.99. The van der Waals surface area contributed by atoms with Crippen LogP contribution < -0.4 is 5.32 Å². The Kier molecular flexibility index (Phi) is 7.28. The van der Waals surface area contributed by atoms with Crippen LogP contribution in [-0.2, 0) is 14.8 Å². The molecule has 1 atom stereocenters. The van der Waals surface area contributed by atoms with Gasteiger partial charge in [-0.15, -0.1) is 0 Å². The van der Waals surface area contributed by atoms with Crippen LogP contribution in [0.15, 0.2) is 53.4 Å². The van der Waals surface area contributed by atoms with Crippen molar-refractivity contribution in [2.75, 3.05) is 38.0 Å². The predicted octanol–water partition coefficient (Wildman–Crippen LogP) is 3.45. The van der Waals surface area contributed by atoms with E-state index in [-0.39, 0.29) is 12.5 Å². The summed E-state index contributed by atoms with van der Waals surface area (Å²) in [5.41, 5.74) is 2.98. The van der Waals surface area contributed by atoms with Crippen LogP contribution >= 0.6 is 0 Å². The molecule has 0 aromatic heterocycles. The first kappa shape index (κ1) is 22.5. The number of para-hydroxylation sites is 1. The van der Waals surface area contributed by atoms with E-state index in [0.717, 1.165) is 23.2 Å². The molecule has 1 amide bonds. The summed E-state index contributed by atoms with van der Waals surface area (Å²) in [5, 5.41) is 2.93. The number of benzene rings is 2. The standard InChI is InChI=1S/C23H31N3O3S/c1-4-18(2)20-9-11-21(12-10-20)30(28,29)26-15-13-25(14-16-26)17-23(27)24-22-8-6-5-7-19(22)3/h5-12,18H,4,13-17H2,1-3H3,(H,24,27). The number of hydrogen-bond acceptors (Lipinski definition) is 4. The lowest BCUT2D eigenvalue weighted by Crippen LogP contribution is -2.50. The summed E-state index contributed by atoms with van der Waals surface area (Å²) in [4.78, 5) is 14.7. The summed E-state index contributed by atoms with van der Waals surface area (Å²) in [7, 11) is -3.51. The summed E-state index contributed by atoms with van der Waals surface area (Å²) in [6.45, 7) is 8.30. The van der Waals surface area contributed by atoms with Crippen molar-refractivity contribution in [3.8, 4) is 0 Å². The second kappa shape index (κ2) is 9.73. The maximum Gasteiger partial charge on any atom is 0.243 e. The molecule has 1 aliphatic rings. The SMILES string of the molecule is CCC(C)c1ccc(S(=O)(=O)N2CCN(CC(=O)Nc3ccccc3C)CC2)cc1. The fraction of sp³-hybridized carbons (Fsp3) is 0.435. The van der Waals surface area contributed by atoms with Crippen LogP contribution in [-0.4, -0.2) is 56.3 Å². The Morgan fingerprint density at radius 2 is 1.67 bits per heavy atom. The van der Waals surface area contributed by atoms with E-state index in [9.17, 15) is 13.2 Å². The molecule has 3 rings (SSSR count). The minimum Gasteiger partial charge on any atom is -0.325 e. The molecular formula is C23H31N3O3S. The molecule has 1 unspecified atom stereocenters. The van der Waals surface area contributed by atoms with Crippen LogP contribution in [0.5, 0.6) is 0 Å². The average molecular weight is 430 g/mol. The lowest BCUT2D eigenvalue weighted by molar-refractivity contribution is -0.117. The monoisotopic (exact) mass is 429 g/mol. The van der Waals surface area contributed by atoms with Gasteiger partial charge in [0.05, 0.1) is 11.4 Å². The third-order valence-electron chi connectivity index (χ3n) is 5.82. The van der Waals surface area contributed by atoms with E-state index < -0.39 is 10.0 Å². The molecule has 162 valence electrons. The minimum atomic E-state index is -3.51. The minimum absolute atomic E-state index is 0.0822. The number of piperazine rings is 1. The van der Waals surface area contributed by atoms with Crippen molar-refractivity contribution < 1.29 is 13.2 Å². The highest BCUT2D eigenvalue weighted by Gasteiger charge is 2.29. The topological polar surface area (TPSA) is 69.7 Å². The van der Waals surface area contributed by atoms with Gasteiger partial charge in [0.15, 0.2) is 0 Å². The number of aryl methyl sites for hydroxylation is 1. The van der Waals surface area contributed by atoms with E-state index in [1.807, 2.05) is 48.2 Å². The smallest absolute Gasteiger partial charge is 0.243 e. The van der Waals surface area contributed by atoms with E-state index >= 15 is 0 Å². The van der Waals surface area contributed by atoms with Crippen molar-refractivity contribution in [3.05, 3.63) is 59.7 Å². The summed E-state index contributed by atoms with van der Waals surface area (Å²) >= 11 is 0. The number of sulfonamides is 1. The molecule has 6 nitrogen and oxygen atoms in total. The van der Waals surface area contributed by atoms with Crippen molar-refractivity contribution in [2.45, 2.75) is 38.0 Å². The number of nitrogens with one attached hydrogen (secondary N) is 1. The van der Waals surface area contributed by atoms with E-state index in [4.69, 9.17) is 0 Å². The number of nitrogens with zero attached hydrogens (tertiary/aromatic N) is 2. The van der Waals surface area contributed by atoms with Crippen LogP contribution in [0.2, 0.25) is 0 Å². The van der Waals surface area contributed by atoms with Gasteiger partial charge < -0.3 is 5.32 Å². The second-order valence-electron chi connectivity index (χ2n) is 7.92. The Morgan fingerprint density at radius 1 is 1.03 bits per heavy atom. The van der Waals surface area contributed by atoms with E-state index in [1.165, 1.54) is 4.31 Å². The Labute approximate surface area is 179 Å². The van der Waals surface area contributed by atoms with Gasteiger partial charge in [0.2, 0.25) is 15.9 Å². The van der Waals surface area contributed by atoms with E-state index in [0.29, 0.717) is 37.0 Å². The van der Waals surface area contributed by atoms with Crippen molar-refractivity contribution in [3.63, 3.8) is 0 Å². The first-order valence-corrected chi connectivity index (χ1v) is 11.9. The molecule has 0 aliphatic carbocycles. The van der Waals surface area contributed by atoms with Crippen LogP contribution in [0.25, 0.3) is 0 Å². The molecular weight excluding hydrogens is 398 g/mol. The number of amides is 1. The Hall–Kier alpha value is -2.22. The maximum atomic E-state index is 13.0. The molecule has 0 spiro atoms. The van der Waals surface area contributed by atoms with Gasteiger partial charge in [0, 0.05) is 31.9 Å². The first-order chi connectivity index (χ1) is 14.3. The summed E-state index contributed by atoms with van der Waals surface area (Å²) < 4.78 is 27.5. The molecule has 0 bridgehead atoms. The first-order valence-electron chi connectivity index (χ1n) is 10.5. The molecule has 1 saturated heterocycles.